The molecule has 7 nitrogen and oxygen atoms in total. The molecule has 9 heteroatoms. The number of nitrogens with zero attached hydrogens (tertiary/aromatic N) is 2. The molecule has 30 heavy (non-hydrogen) atoms. The molecule has 3 rings (SSSR count). The van der Waals surface area contributed by atoms with Crippen LogP contribution >= 0.6 is 15.9 Å². The summed E-state index contributed by atoms with van der Waals surface area (Å²) < 4.78 is 20.3. The molecule has 3 heterocycles. The third kappa shape index (κ3) is 3.68. The number of aromatic nitrogens is 2. The van der Waals surface area contributed by atoms with Gasteiger partial charge < -0.3 is 14.6 Å². The van der Waals surface area contributed by atoms with Crippen LogP contribution in [-0.2, 0) is 16.6 Å². The molecule has 1 fully saturated rings. The van der Waals surface area contributed by atoms with Gasteiger partial charge in [-0.2, -0.15) is 4.39 Å². The lowest BCUT2D eigenvalue weighted by atomic mass is 9.80. The van der Waals surface area contributed by atoms with Crippen LogP contribution in [0.5, 0.6) is 0 Å². The Morgan fingerprint density at radius 3 is 2.63 bits per heavy atom. The molecule has 0 atom stereocenters. The maximum Gasteiger partial charge on any atom is 0.272 e. The van der Waals surface area contributed by atoms with Crippen molar-refractivity contribution in [1.82, 2.24) is 9.55 Å². The smallest absolute Gasteiger partial charge is 0.272 e. The molecule has 0 aliphatic carbocycles. The molecular weight excluding hydrogens is 457 g/mol. The summed E-state index contributed by atoms with van der Waals surface area (Å²) >= 11 is 3.04. The van der Waals surface area contributed by atoms with Gasteiger partial charge in [0.25, 0.3) is 5.91 Å². The molecule has 0 aromatic carbocycles. The van der Waals surface area contributed by atoms with E-state index < -0.39 is 28.8 Å². The number of terminal acetylenes is 1. The highest BCUT2D eigenvalue weighted by Gasteiger charge is 2.41. The molecule has 1 N–H and O–H groups in total. The fourth-order valence-electron chi connectivity index (χ4n) is 3.44. The van der Waals surface area contributed by atoms with Crippen molar-refractivity contribution in [3.63, 3.8) is 0 Å². The van der Waals surface area contributed by atoms with Crippen molar-refractivity contribution in [3.05, 3.63) is 45.2 Å². The summed E-state index contributed by atoms with van der Waals surface area (Å²) in [5.74, 6) is -0.0967. The van der Waals surface area contributed by atoms with Crippen molar-refractivity contribution in [1.29, 1.82) is 0 Å². The van der Waals surface area contributed by atoms with Crippen molar-refractivity contribution in [2.24, 2.45) is 12.5 Å². The van der Waals surface area contributed by atoms with E-state index in [0.29, 0.717) is 11.3 Å². The van der Waals surface area contributed by atoms with E-state index in [4.69, 9.17) is 11.2 Å². The van der Waals surface area contributed by atoms with E-state index in [0.717, 1.165) is 0 Å². The molecule has 2 aromatic rings. The Morgan fingerprint density at radius 2 is 2.07 bits per heavy atom. The first kappa shape index (κ1) is 21.9. The van der Waals surface area contributed by atoms with Crippen molar-refractivity contribution >= 4 is 39.1 Å². The second-order valence-electron chi connectivity index (χ2n) is 7.26. The Balaban J connectivity index is 1.90. The fraction of sp³-hybridized carbons (Fsp3) is 0.333. The first-order chi connectivity index (χ1) is 14.1. The number of nitrogens with one attached hydrogen (secondary N) is 1. The van der Waals surface area contributed by atoms with Gasteiger partial charge in [-0.05, 0) is 41.4 Å². The normalized spacial score (nSPS) is 14.5. The molecule has 0 unspecified atom stereocenters. The number of ketones is 2. The number of pyridine rings is 1. The number of ether oxygens (including phenoxy) is 1. The zero-order valence-electron chi connectivity index (χ0n) is 16.6. The Hall–Kier alpha value is -2.83. The number of hydrogen-bond donors (Lipinski definition) is 1. The van der Waals surface area contributed by atoms with Crippen molar-refractivity contribution in [2.45, 2.75) is 20.3 Å². The zero-order valence-corrected chi connectivity index (χ0v) is 18.2. The molecule has 0 saturated carbocycles. The van der Waals surface area contributed by atoms with Gasteiger partial charge in [-0.15, -0.1) is 6.42 Å². The van der Waals surface area contributed by atoms with E-state index in [9.17, 15) is 18.8 Å². The van der Waals surface area contributed by atoms with Gasteiger partial charge in [0, 0.05) is 25.4 Å². The van der Waals surface area contributed by atoms with Gasteiger partial charge in [0.2, 0.25) is 17.5 Å². The maximum atomic E-state index is 13.6. The monoisotopic (exact) mass is 475 g/mol. The predicted molar refractivity (Wildman–Crippen MR) is 111 cm³/mol. The number of carbonyl (C=O) groups excluding carboxylic acids is 3. The highest BCUT2D eigenvalue weighted by Crippen LogP contribution is 2.32. The van der Waals surface area contributed by atoms with Gasteiger partial charge in [0.05, 0.1) is 34.4 Å². The van der Waals surface area contributed by atoms with Crippen LogP contribution in [0.4, 0.5) is 10.1 Å². The summed E-state index contributed by atoms with van der Waals surface area (Å²) in [6.07, 6.45) is 6.60. The Kier molecular flexibility index (Phi) is 5.92. The fourth-order valence-corrected chi connectivity index (χ4v) is 3.78. The van der Waals surface area contributed by atoms with Crippen molar-refractivity contribution in [2.75, 3.05) is 18.5 Å². The van der Waals surface area contributed by atoms with Crippen LogP contribution in [0.15, 0.2) is 16.7 Å². The quantitative estimate of drug-likeness (QED) is 0.300. The molecule has 1 aliphatic rings. The average molecular weight is 476 g/mol. The zero-order chi connectivity index (χ0) is 22.2. The number of amides is 1. The highest BCUT2D eigenvalue weighted by atomic mass is 79.9. The van der Waals surface area contributed by atoms with E-state index in [1.165, 1.54) is 16.8 Å². The second-order valence-corrected chi connectivity index (χ2v) is 8.05. The minimum absolute atomic E-state index is 0.00992. The van der Waals surface area contributed by atoms with Gasteiger partial charge in [0.15, 0.2) is 0 Å². The molecule has 0 spiro atoms. The lowest BCUT2D eigenvalue weighted by molar-refractivity contribution is -0.126. The largest absolute Gasteiger partial charge is 0.378 e. The first-order valence-electron chi connectivity index (χ1n) is 9.02. The van der Waals surface area contributed by atoms with Gasteiger partial charge in [0.1, 0.15) is 5.69 Å². The number of hydrogen-bond acceptors (Lipinski definition) is 5. The molecule has 0 radical (unpaired) electrons. The summed E-state index contributed by atoms with van der Waals surface area (Å²) in [5, 5.41) is 2.60. The van der Waals surface area contributed by atoms with Crippen LogP contribution in [-0.4, -0.2) is 40.2 Å². The van der Waals surface area contributed by atoms with E-state index in [1.807, 2.05) is 0 Å². The standard InChI is InChI=1S/C21H19BrFN3O4/c1-5-21(9-30-10-21)8-14(27)18(28)15-11(2)17(26(4)12(15)3)20(29)25-13-6-7-24-19(23)16(13)22/h1,6-7H,8-10H2,2-4H3,(H,24,25,29). The lowest BCUT2D eigenvalue weighted by Gasteiger charge is -2.35. The number of rotatable bonds is 6. The number of halogens is 2. The molecule has 156 valence electrons. The van der Waals surface area contributed by atoms with E-state index >= 15 is 0 Å². The van der Waals surface area contributed by atoms with Gasteiger partial charge in [-0.3, -0.25) is 14.4 Å². The minimum Gasteiger partial charge on any atom is -0.378 e. The summed E-state index contributed by atoms with van der Waals surface area (Å²) in [6, 6.07) is 1.44. The number of anilines is 1. The average Bonchev–Trinajstić information content (AvgIpc) is 2.90. The second kappa shape index (κ2) is 8.13. The van der Waals surface area contributed by atoms with E-state index in [2.05, 4.69) is 32.2 Å². The molecule has 1 amide bonds. The van der Waals surface area contributed by atoms with Gasteiger partial charge >= 0.3 is 0 Å². The maximum absolute atomic E-state index is 13.6. The summed E-state index contributed by atoms with van der Waals surface area (Å²) in [4.78, 5) is 41.9. The number of Topliss-reactive ketones (excluding diaryl/α,β-unsaturated/α-hetero) is 2. The van der Waals surface area contributed by atoms with Crippen LogP contribution in [0, 0.1) is 37.6 Å². The van der Waals surface area contributed by atoms with Crippen LogP contribution in [0.2, 0.25) is 0 Å². The summed E-state index contributed by atoms with van der Waals surface area (Å²) in [6.45, 7) is 3.71. The molecular formula is C21H19BrFN3O4. The lowest BCUT2D eigenvalue weighted by Crippen LogP contribution is -2.44. The van der Waals surface area contributed by atoms with Crippen LogP contribution in [0.1, 0.15) is 38.5 Å². The Bertz CT molecular complexity index is 1110. The third-order valence-electron chi connectivity index (χ3n) is 5.28. The van der Waals surface area contributed by atoms with Crippen LogP contribution < -0.4 is 5.32 Å². The van der Waals surface area contributed by atoms with Gasteiger partial charge in [-0.1, -0.05) is 5.92 Å². The molecule has 2 aromatic heterocycles. The minimum atomic E-state index is -0.767. The Labute approximate surface area is 181 Å². The van der Waals surface area contributed by atoms with E-state index in [-0.39, 0.29) is 41.1 Å². The SMILES string of the molecule is C#CC1(CC(=O)C(=O)c2c(C)c(C(=O)Nc3ccnc(F)c3Br)n(C)c2C)COC1. The van der Waals surface area contributed by atoms with Crippen molar-refractivity contribution in [3.8, 4) is 12.3 Å². The highest BCUT2D eigenvalue weighted by molar-refractivity contribution is 9.10. The first-order valence-corrected chi connectivity index (χ1v) is 9.81. The topological polar surface area (TPSA) is 90.3 Å². The van der Waals surface area contributed by atoms with E-state index in [1.54, 1.807) is 20.9 Å². The predicted octanol–water partition coefficient (Wildman–Crippen LogP) is 2.98. The van der Waals surface area contributed by atoms with Crippen LogP contribution in [0.3, 0.4) is 0 Å². The number of carbonyl (C=O) groups is 3. The summed E-state index contributed by atoms with van der Waals surface area (Å²) in [5.41, 5.74) is 0.620. The molecule has 1 saturated heterocycles. The Morgan fingerprint density at radius 1 is 1.40 bits per heavy atom. The van der Waals surface area contributed by atoms with Crippen LogP contribution in [0.25, 0.3) is 0 Å². The molecule has 1 aliphatic heterocycles. The molecule has 0 bridgehead atoms. The third-order valence-corrected chi connectivity index (χ3v) is 6.04. The summed E-state index contributed by atoms with van der Waals surface area (Å²) in [7, 11) is 1.61. The van der Waals surface area contributed by atoms with Gasteiger partial charge in [-0.25, -0.2) is 4.98 Å². The van der Waals surface area contributed by atoms with Crippen molar-refractivity contribution < 1.29 is 23.5 Å².